The minimum absolute atomic E-state index is 0.220. The molecule has 1 aromatic rings. The molecule has 4 nitrogen and oxygen atoms in total. The zero-order chi connectivity index (χ0) is 14.9. The number of nitrogens with zero attached hydrogens (tertiary/aromatic N) is 1. The molecule has 1 fully saturated rings. The van der Waals surface area contributed by atoms with Gasteiger partial charge >= 0.3 is 0 Å². The van der Waals surface area contributed by atoms with Crippen LogP contribution in [0.15, 0.2) is 18.2 Å². The molecule has 0 saturated carbocycles. The highest BCUT2D eigenvalue weighted by molar-refractivity contribution is 7.92. The molecule has 112 valence electrons. The normalized spacial score (nSPS) is 27.0. The minimum atomic E-state index is -2.88. The smallest absolute Gasteiger partial charge is 0.154 e. The third-order valence-corrected chi connectivity index (χ3v) is 6.92. The third kappa shape index (κ3) is 2.97. The number of fused-ring (bicyclic) bond motifs is 1. The number of aryl methyl sites for hydroxylation is 1. The first kappa shape index (κ1) is 14.6. The van der Waals surface area contributed by atoms with Crippen LogP contribution in [0.4, 0.5) is 0 Å². The summed E-state index contributed by atoms with van der Waals surface area (Å²) in [6.45, 7) is 0.548. The molecule has 0 aromatic heterocycles. The van der Waals surface area contributed by atoms with Crippen molar-refractivity contribution in [3.8, 4) is 6.07 Å². The highest BCUT2D eigenvalue weighted by Crippen LogP contribution is 2.31. The molecule has 2 atom stereocenters. The molecule has 5 heteroatoms. The van der Waals surface area contributed by atoms with Gasteiger partial charge in [0.25, 0.3) is 0 Å². The Morgan fingerprint density at radius 3 is 2.86 bits per heavy atom. The predicted molar refractivity (Wildman–Crippen MR) is 81.6 cm³/mol. The zero-order valence-electron chi connectivity index (χ0n) is 12.0. The van der Waals surface area contributed by atoms with E-state index in [1.807, 2.05) is 18.2 Å². The molecule has 0 bridgehead atoms. The first-order valence-electron chi connectivity index (χ1n) is 7.58. The molecule has 3 rings (SSSR count). The van der Waals surface area contributed by atoms with Crippen molar-refractivity contribution in [2.75, 3.05) is 12.3 Å². The van der Waals surface area contributed by atoms with Crippen LogP contribution in [-0.4, -0.2) is 26.0 Å². The Hall–Kier alpha value is -1.38. The lowest BCUT2D eigenvalue weighted by atomic mass is 9.86. The second-order valence-electron chi connectivity index (χ2n) is 6.01. The van der Waals surface area contributed by atoms with Crippen LogP contribution in [0.1, 0.15) is 48.4 Å². The summed E-state index contributed by atoms with van der Waals surface area (Å²) in [6, 6.07) is 8.24. The summed E-state index contributed by atoms with van der Waals surface area (Å²) >= 11 is 0. The Morgan fingerprint density at radius 2 is 2.14 bits per heavy atom. The molecular weight excluding hydrogens is 284 g/mol. The Bertz CT molecular complexity index is 676. The van der Waals surface area contributed by atoms with Crippen molar-refractivity contribution in [3.05, 3.63) is 34.9 Å². The van der Waals surface area contributed by atoms with Crippen LogP contribution in [0.3, 0.4) is 0 Å². The van der Waals surface area contributed by atoms with E-state index in [4.69, 9.17) is 5.26 Å². The van der Waals surface area contributed by atoms with Gasteiger partial charge in [0.05, 0.1) is 22.6 Å². The third-order valence-electron chi connectivity index (χ3n) is 4.64. The second kappa shape index (κ2) is 5.78. The molecule has 1 aromatic carbocycles. The fourth-order valence-corrected chi connectivity index (χ4v) is 5.24. The number of benzene rings is 1. The predicted octanol–water partition coefficient (Wildman–Crippen LogP) is 2.10. The van der Waals surface area contributed by atoms with Gasteiger partial charge in [0.1, 0.15) is 0 Å². The van der Waals surface area contributed by atoms with Crippen molar-refractivity contribution < 1.29 is 8.42 Å². The molecule has 1 saturated heterocycles. The molecular formula is C16H20N2O2S. The molecule has 0 amide bonds. The standard InChI is InChI=1S/C16H20N2O2S/c17-10-12-6-7-15-13(9-12)3-1-5-16(15)18-11-14-4-2-8-21(14,19)20/h6-7,9,14,16,18H,1-5,8,11H2. The summed E-state index contributed by atoms with van der Waals surface area (Å²) in [5.41, 5.74) is 3.16. The Morgan fingerprint density at radius 1 is 1.29 bits per heavy atom. The maximum absolute atomic E-state index is 11.9. The van der Waals surface area contributed by atoms with E-state index in [1.54, 1.807) is 0 Å². The van der Waals surface area contributed by atoms with Gasteiger partial charge in [-0.25, -0.2) is 8.42 Å². The Kier molecular flexibility index (Phi) is 4.01. The Balaban J connectivity index is 1.72. The maximum atomic E-state index is 11.9. The Labute approximate surface area is 126 Å². The first-order valence-corrected chi connectivity index (χ1v) is 9.29. The summed E-state index contributed by atoms with van der Waals surface area (Å²) in [5.74, 6) is 0.339. The van der Waals surface area contributed by atoms with E-state index >= 15 is 0 Å². The van der Waals surface area contributed by atoms with E-state index < -0.39 is 9.84 Å². The van der Waals surface area contributed by atoms with Crippen LogP contribution in [0.2, 0.25) is 0 Å². The first-order chi connectivity index (χ1) is 10.1. The second-order valence-corrected chi connectivity index (χ2v) is 8.41. The molecule has 2 aliphatic rings. The van der Waals surface area contributed by atoms with Gasteiger partial charge in [-0.3, -0.25) is 0 Å². The van der Waals surface area contributed by atoms with Crippen molar-refractivity contribution in [2.24, 2.45) is 0 Å². The monoisotopic (exact) mass is 304 g/mol. The molecule has 1 aliphatic carbocycles. The van der Waals surface area contributed by atoms with Gasteiger partial charge in [0, 0.05) is 12.6 Å². The maximum Gasteiger partial charge on any atom is 0.154 e. The van der Waals surface area contributed by atoms with Crippen molar-refractivity contribution >= 4 is 9.84 Å². The van der Waals surface area contributed by atoms with E-state index in [-0.39, 0.29) is 11.3 Å². The fourth-order valence-electron chi connectivity index (χ4n) is 3.46. The van der Waals surface area contributed by atoms with Crippen LogP contribution in [0, 0.1) is 11.3 Å². The summed E-state index contributed by atoms with van der Waals surface area (Å²) in [5, 5.41) is 12.2. The zero-order valence-corrected chi connectivity index (χ0v) is 12.8. The fraction of sp³-hybridized carbons (Fsp3) is 0.562. The summed E-state index contributed by atoms with van der Waals surface area (Å²) in [7, 11) is -2.88. The molecule has 21 heavy (non-hydrogen) atoms. The summed E-state index contributed by atoms with van der Waals surface area (Å²) < 4.78 is 23.8. The minimum Gasteiger partial charge on any atom is -0.309 e. The quantitative estimate of drug-likeness (QED) is 0.928. The van der Waals surface area contributed by atoms with E-state index in [9.17, 15) is 8.42 Å². The number of nitriles is 1. The number of rotatable bonds is 3. The van der Waals surface area contributed by atoms with Crippen LogP contribution >= 0.6 is 0 Å². The van der Waals surface area contributed by atoms with Crippen LogP contribution in [-0.2, 0) is 16.3 Å². The number of sulfone groups is 1. The number of nitrogens with one attached hydrogen (secondary N) is 1. The van der Waals surface area contributed by atoms with Gasteiger partial charge in [-0.2, -0.15) is 5.26 Å². The van der Waals surface area contributed by atoms with E-state index in [0.29, 0.717) is 17.9 Å². The molecule has 1 heterocycles. The van der Waals surface area contributed by atoms with Crippen molar-refractivity contribution in [2.45, 2.75) is 43.4 Å². The molecule has 1 N–H and O–H groups in total. The van der Waals surface area contributed by atoms with Crippen molar-refractivity contribution in [1.82, 2.24) is 5.32 Å². The lowest BCUT2D eigenvalue weighted by Gasteiger charge is -2.27. The number of hydrogen-bond donors (Lipinski definition) is 1. The largest absolute Gasteiger partial charge is 0.309 e. The summed E-state index contributed by atoms with van der Waals surface area (Å²) in [4.78, 5) is 0. The molecule has 0 spiro atoms. The molecule has 0 radical (unpaired) electrons. The average molecular weight is 304 g/mol. The lowest BCUT2D eigenvalue weighted by Crippen LogP contribution is -2.34. The SMILES string of the molecule is N#Cc1ccc2c(c1)CCCC2NCC1CCCS1(=O)=O. The highest BCUT2D eigenvalue weighted by Gasteiger charge is 2.32. The summed E-state index contributed by atoms with van der Waals surface area (Å²) in [6.07, 6.45) is 4.69. The highest BCUT2D eigenvalue weighted by atomic mass is 32.2. The van der Waals surface area contributed by atoms with Crippen molar-refractivity contribution in [3.63, 3.8) is 0 Å². The molecule has 2 unspecified atom stereocenters. The van der Waals surface area contributed by atoms with Gasteiger partial charge in [-0.15, -0.1) is 0 Å². The average Bonchev–Trinajstić information content (AvgIpc) is 2.83. The van der Waals surface area contributed by atoms with Gasteiger partial charge in [0.2, 0.25) is 0 Å². The van der Waals surface area contributed by atoms with Gasteiger partial charge < -0.3 is 5.32 Å². The van der Waals surface area contributed by atoms with E-state index in [2.05, 4.69) is 11.4 Å². The van der Waals surface area contributed by atoms with Gasteiger partial charge in [0.15, 0.2) is 9.84 Å². The van der Waals surface area contributed by atoms with E-state index in [1.165, 1.54) is 11.1 Å². The van der Waals surface area contributed by atoms with Crippen LogP contribution < -0.4 is 5.32 Å². The lowest BCUT2D eigenvalue weighted by molar-refractivity contribution is 0.453. The molecule has 1 aliphatic heterocycles. The van der Waals surface area contributed by atoms with Gasteiger partial charge in [-0.05, 0) is 55.4 Å². The van der Waals surface area contributed by atoms with Gasteiger partial charge in [-0.1, -0.05) is 6.07 Å². The van der Waals surface area contributed by atoms with Crippen LogP contribution in [0.5, 0.6) is 0 Å². The van der Waals surface area contributed by atoms with Crippen LogP contribution in [0.25, 0.3) is 0 Å². The van der Waals surface area contributed by atoms with Crippen molar-refractivity contribution in [1.29, 1.82) is 5.26 Å². The topological polar surface area (TPSA) is 70.0 Å². The van der Waals surface area contributed by atoms with E-state index in [0.717, 1.165) is 32.1 Å². The number of hydrogen-bond acceptors (Lipinski definition) is 4.